The molecule has 0 aromatic carbocycles. The van der Waals surface area contributed by atoms with Crippen LogP contribution in [0.3, 0.4) is 0 Å². The molecule has 1 saturated carbocycles. The number of nitrogens with zero attached hydrogens (tertiary/aromatic N) is 3. The fourth-order valence-electron chi connectivity index (χ4n) is 1.78. The molecule has 0 radical (unpaired) electrons. The number of nitrogens with one attached hydrogen (secondary N) is 2. The van der Waals surface area contributed by atoms with Crippen LogP contribution in [0.4, 0.5) is 5.82 Å². The van der Waals surface area contributed by atoms with Gasteiger partial charge in [0.05, 0.1) is 0 Å². The van der Waals surface area contributed by atoms with Crippen LogP contribution in [0.1, 0.15) is 19.3 Å². The van der Waals surface area contributed by atoms with Crippen molar-refractivity contribution < 1.29 is 4.79 Å². The minimum atomic E-state index is 0.0931. The molecule has 6 nitrogen and oxygen atoms in total. The Kier molecular flexibility index (Phi) is 3.22. The van der Waals surface area contributed by atoms with Crippen LogP contribution in [0.2, 0.25) is 0 Å². The van der Waals surface area contributed by atoms with E-state index in [4.69, 9.17) is 0 Å². The van der Waals surface area contributed by atoms with Gasteiger partial charge in [0.1, 0.15) is 11.3 Å². The van der Waals surface area contributed by atoms with E-state index < -0.39 is 0 Å². The molecule has 6 heteroatoms. The number of carbonyl (C=O) groups is 1. The molecule has 3 rings (SSSR count). The molecule has 1 amide bonds. The molecule has 0 bridgehead atoms. The number of rotatable bonds is 5. The van der Waals surface area contributed by atoms with Gasteiger partial charge in [0.25, 0.3) is 0 Å². The van der Waals surface area contributed by atoms with E-state index in [0.717, 1.165) is 18.4 Å². The van der Waals surface area contributed by atoms with Crippen molar-refractivity contribution >= 4 is 22.9 Å². The Morgan fingerprint density at radius 3 is 2.95 bits per heavy atom. The fourth-order valence-corrected chi connectivity index (χ4v) is 1.78. The molecule has 19 heavy (non-hydrogen) atoms. The summed E-state index contributed by atoms with van der Waals surface area (Å²) in [4.78, 5) is 24.1. The maximum Gasteiger partial charge on any atom is 0.221 e. The highest BCUT2D eigenvalue weighted by Gasteiger charge is 2.22. The van der Waals surface area contributed by atoms with Crippen LogP contribution in [0.5, 0.6) is 0 Å². The van der Waals surface area contributed by atoms with Crippen LogP contribution >= 0.6 is 0 Å². The van der Waals surface area contributed by atoms with Gasteiger partial charge in [0.2, 0.25) is 5.91 Å². The van der Waals surface area contributed by atoms with E-state index in [2.05, 4.69) is 25.6 Å². The van der Waals surface area contributed by atoms with Crippen molar-refractivity contribution in [3.8, 4) is 0 Å². The maximum absolute atomic E-state index is 11.5. The number of carbonyl (C=O) groups excluding carboxylic acids is 1. The third-order valence-corrected chi connectivity index (χ3v) is 2.93. The first-order valence-corrected chi connectivity index (χ1v) is 6.42. The quantitative estimate of drug-likeness (QED) is 0.838. The number of hydrogen-bond acceptors (Lipinski definition) is 5. The monoisotopic (exact) mass is 257 g/mol. The zero-order chi connectivity index (χ0) is 13.1. The average molecular weight is 257 g/mol. The van der Waals surface area contributed by atoms with Gasteiger partial charge < -0.3 is 10.6 Å². The minimum absolute atomic E-state index is 0.0931. The van der Waals surface area contributed by atoms with Crippen LogP contribution in [0.15, 0.2) is 24.5 Å². The van der Waals surface area contributed by atoms with Crippen LogP contribution in [0, 0.1) is 0 Å². The van der Waals surface area contributed by atoms with Crippen LogP contribution in [0.25, 0.3) is 11.2 Å². The van der Waals surface area contributed by atoms with Gasteiger partial charge in [-0.1, -0.05) is 0 Å². The van der Waals surface area contributed by atoms with E-state index >= 15 is 0 Å². The number of amides is 1. The Balaban J connectivity index is 1.54. The lowest BCUT2D eigenvalue weighted by atomic mass is 10.3. The molecule has 98 valence electrons. The predicted octanol–water partition coefficient (Wildman–Crippen LogP) is 1.11. The van der Waals surface area contributed by atoms with E-state index in [-0.39, 0.29) is 5.91 Å². The van der Waals surface area contributed by atoms with Gasteiger partial charge in [-0.2, -0.15) is 0 Å². The first-order valence-electron chi connectivity index (χ1n) is 6.42. The fraction of sp³-hybridized carbons (Fsp3) is 0.385. The molecule has 0 aliphatic heterocycles. The smallest absolute Gasteiger partial charge is 0.221 e. The van der Waals surface area contributed by atoms with E-state index in [1.807, 2.05) is 12.1 Å². The minimum Gasteiger partial charge on any atom is -0.369 e. The molecular weight excluding hydrogens is 242 g/mol. The van der Waals surface area contributed by atoms with Gasteiger partial charge in [-0.05, 0) is 25.0 Å². The molecule has 1 aliphatic carbocycles. The summed E-state index contributed by atoms with van der Waals surface area (Å²) < 4.78 is 0. The lowest BCUT2D eigenvalue weighted by Crippen LogP contribution is -2.27. The van der Waals surface area contributed by atoms with Crippen LogP contribution in [-0.2, 0) is 4.79 Å². The Morgan fingerprint density at radius 2 is 2.11 bits per heavy atom. The number of pyridine rings is 1. The van der Waals surface area contributed by atoms with Crippen molar-refractivity contribution in [1.29, 1.82) is 0 Å². The SMILES string of the molecule is O=C(CCNc1ccc2nccnc2n1)NC1CC1. The second-order valence-corrected chi connectivity index (χ2v) is 4.61. The Morgan fingerprint density at radius 1 is 1.26 bits per heavy atom. The molecule has 0 saturated heterocycles. The van der Waals surface area contributed by atoms with Crippen molar-refractivity contribution in [3.05, 3.63) is 24.5 Å². The molecule has 0 atom stereocenters. The Hall–Kier alpha value is -2.24. The second-order valence-electron chi connectivity index (χ2n) is 4.61. The Labute approximate surface area is 110 Å². The van der Waals surface area contributed by atoms with Gasteiger partial charge in [0.15, 0.2) is 5.65 Å². The van der Waals surface area contributed by atoms with E-state index in [1.165, 1.54) is 0 Å². The number of aromatic nitrogens is 3. The normalized spacial score (nSPS) is 14.3. The van der Waals surface area contributed by atoms with Crippen molar-refractivity contribution in [2.24, 2.45) is 0 Å². The predicted molar refractivity (Wildman–Crippen MR) is 71.6 cm³/mol. The van der Waals surface area contributed by atoms with Crippen molar-refractivity contribution in [1.82, 2.24) is 20.3 Å². The van der Waals surface area contributed by atoms with Crippen LogP contribution in [-0.4, -0.2) is 33.4 Å². The van der Waals surface area contributed by atoms with E-state index in [1.54, 1.807) is 12.4 Å². The van der Waals surface area contributed by atoms with Gasteiger partial charge in [-0.15, -0.1) is 0 Å². The third-order valence-electron chi connectivity index (χ3n) is 2.93. The van der Waals surface area contributed by atoms with E-state index in [0.29, 0.717) is 30.5 Å². The summed E-state index contributed by atoms with van der Waals surface area (Å²) >= 11 is 0. The molecular formula is C13H15N5O. The van der Waals surface area contributed by atoms with Crippen molar-refractivity contribution in [3.63, 3.8) is 0 Å². The molecule has 0 unspecified atom stereocenters. The molecule has 2 heterocycles. The van der Waals surface area contributed by atoms with Gasteiger partial charge in [-0.25, -0.2) is 9.97 Å². The number of fused-ring (bicyclic) bond motifs is 1. The highest BCUT2D eigenvalue weighted by molar-refractivity contribution is 5.77. The van der Waals surface area contributed by atoms with Gasteiger partial charge in [0, 0.05) is 31.4 Å². The molecule has 2 aromatic heterocycles. The lowest BCUT2D eigenvalue weighted by Gasteiger charge is -2.06. The molecule has 2 aromatic rings. The summed E-state index contributed by atoms with van der Waals surface area (Å²) in [7, 11) is 0. The van der Waals surface area contributed by atoms with Gasteiger partial charge in [-0.3, -0.25) is 9.78 Å². The third kappa shape index (κ3) is 3.15. The number of anilines is 1. The number of hydrogen-bond donors (Lipinski definition) is 2. The summed E-state index contributed by atoms with van der Waals surface area (Å²) in [6.07, 6.45) is 5.94. The molecule has 2 N–H and O–H groups in total. The van der Waals surface area contributed by atoms with Gasteiger partial charge >= 0.3 is 0 Å². The van der Waals surface area contributed by atoms with E-state index in [9.17, 15) is 4.79 Å². The molecule has 0 spiro atoms. The summed E-state index contributed by atoms with van der Waals surface area (Å²) in [5.41, 5.74) is 1.37. The summed E-state index contributed by atoms with van der Waals surface area (Å²) in [6, 6.07) is 4.12. The Bertz CT molecular complexity index is 596. The lowest BCUT2D eigenvalue weighted by molar-refractivity contribution is -0.120. The zero-order valence-corrected chi connectivity index (χ0v) is 10.5. The topological polar surface area (TPSA) is 79.8 Å². The first kappa shape index (κ1) is 11.8. The van der Waals surface area contributed by atoms with Crippen LogP contribution < -0.4 is 10.6 Å². The highest BCUT2D eigenvalue weighted by Crippen LogP contribution is 2.18. The van der Waals surface area contributed by atoms with Crippen molar-refractivity contribution in [2.45, 2.75) is 25.3 Å². The van der Waals surface area contributed by atoms with Crippen molar-refractivity contribution in [2.75, 3.05) is 11.9 Å². The molecule has 1 aliphatic rings. The maximum atomic E-state index is 11.5. The average Bonchev–Trinajstić information content (AvgIpc) is 3.22. The largest absolute Gasteiger partial charge is 0.369 e. The highest BCUT2D eigenvalue weighted by atomic mass is 16.1. The zero-order valence-electron chi connectivity index (χ0n) is 10.5. The summed E-state index contributed by atoms with van der Waals surface area (Å²) in [6.45, 7) is 0.567. The second kappa shape index (κ2) is 5.17. The molecule has 1 fully saturated rings. The summed E-state index contributed by atoms with van der Waals surface area (Å²) in [5, 5.41) is 6.07. The summed E-state index contributed by atoms with van der Waals surface area (Å²) in [5.74, 6) is 0.808. The standard InChI is InChI=1S/C13H15N5O/c19-12(17-9-1-2-9)5-6-15-11-4-3-10-13(18-11)16-8-7-14-10/h3-4,7-9H,1-2,5-6H2,(H,17,19)(H,15,16,18). The first-order chi connectivity index (χ1) is 9.31.